The van der Waals surface area contributed by atoms with Gasteiger partial charge in [0.2, 0.25) is 0 Å². The van der Waals surface area contributed by atoms with Gasteiger partial charge in [0.25, 0.3) is 0 Å². The zero-order valence-corrected chi connectivity index (χ0v) is 10.8. The molecule has 0 radical (unpaired) electrons. The van der Waals surface area contributed by atoms with Gasteiger partial charge in [0.1, 0.15) is 5.82 Å². The molecule has 1 nitrogen and oxygen atoms in total. The summed E-state index contributed by atoms with van der Waals surface area (Å²) >= 11 is 0. The molecule has 1 aromatic carbocycles. The molecular formula is C15H22FN. The number of hydrogen-bond donors (Lipinski definition) is 1. The van der Waals surface area contributed by atoms with Crippen LogP contribution in [0.1, 0.15) is 50.2 Å². The molecule has 2 atom stereocenters. The van der Waals surface area contributed by atoms with Crippen molar-refractivity contribution < 1.29 is 4.39 Å². The molecule has 1 saturated carbocycles. The molecule has 0 aliphatic heterocycles. The molecule has 0 saturated heterocycles. The first-order valence-corrected chi connectivity index (χ1v) is 6.57. The zero-order valence-electron chi connectivity index (χ0n) is 10.8. The Morgan fingerprint density at radius 3 is 2.82 bits per heavy atom. The van der Waals surface area contributed by atoms with Crippen LogP contribution < -0.4 is 5.73 Å². The van der Waals surface area contributed by atoms with E-state index in [1.165, 1.54) is 6.42 Å². The Morgan fingerprint density at radius 2 is 2.06 bits per heavy atom. The van der Waals surface area contributed by atoms with Crippen LogP contribution in [0.2, 0.25) is 0 Å². The fourth-order valence-corrected chi connectivity index (χ4v) is 2.83. The van der Waals surface area contributed by atoms with Crippen molar-refractivity contribution in [2.45, 2.75) is 51.5 Å². The molecule has 17 heavy (non-hydrogen) atoms. The van der Waals surface area contributed by atoms with E-state index in [-0.39, 0.29) is 5.82 Å². The molecule has 0 spiro atoms. The fourth-order valence-electron chi connectivity index (χ4n) is 2.83. The fraction of sp³-hybridized carbons (Fsp3) is 0.600. The van der Waals surface area contributed by atoms with E-state index in [9.17, 15) is 4.39 Å². The molecular weight excluding hydrogens is 213 g/mol. The van der Waals surface area contributed by atoms with E-state index < -0.39 is 5.54 Å². The van der Waals surface area contributed by atoms with Gasteiger partial charge < -0.3 is 5.73 Å². The van der Waals surface area contributed by atoms with Crippen molar-refractivity contribution in [2.75, 3.05) is 0 Å². The summed E-state index contributed by atoms with van der Waals surface area (Å²) in [6.45, 7) is 4.25. The highest BCUT2D eigenvalue weighted by atomic mass is 19.1. The normalized spacial score (nSPS) is 30.0. The van der Waals surface area contributed by atoms with Crippen molar-refractivity contribution in [3.05, 3.63) is 35.1 Å². The van der Waals surface area contributed by atoms with E-state index in [0.717, 1.165) is 31.2 Å². The Balaban J connectivity index is 2.33. The summed E-state index contributed by atoms with van der Waals surface area (Å²) in [6.07, 6.45) is 5.22. The van der Waals surface area contributed by atoms with E-state index in [0.29, 0.717) is 11.5 Å². The van der Waals surface area contributed by atoms with Gasteiger partial charge in [-0.1, -0.05) is 37.5 Å². The largest absolute Gasteiger partial charge is 0.321 e. The molecule has 94 valence electrons. The Hall–Kier alpha value is -0.890. The third kappa shape index (κ3) is 2.68. The van der Waals surface area contributed by atoms with Gasteiger partial charge >= 0.3 is 0 Å². The van der Waals surface area contributed by atoms with E-state index >= 15 is 0 Å². The number of hydrogen-bond acceptors (Lipinski definition) is 1. The van der Waals surface area contributed by atoms with Crippen molar-refractivity contribution >= 4 is 0 Å². The van der Waals surface area contributed by atoms with Crippen LogP contribution in [0.4, 0.5) is 4.39 Å². The Bertz CT molecular complexity index is 402. The van der Waals surface area contributed by atoms with Crippen molar-refractivity contribution in [1.29, 1.82) is 0 Å². The summed E-state index contributed by atoms with van der Waals surface area (Å²) in [5.41, 5.74) is 7.82. The molecule has 0 amide bonds. The lowest BCUT2D eigenvalue weighted by Crippen LogP contribution is -2.37. The van der Waals surface area contributed by atoms with Gasteiger partial charge in [0, 0.05) is 11.1 Å². The maximum atomic E-state index is 13.9. The summed E-state index contributed by atoms with van der Waals surface area (Å²) in [5.74, 6) is 0.570. The van der Waals surface area contributed by atoms with E-state index in [2.05, 4.69) is 6.92 Å². The van der Waals surface area contributed by atoms with Crippen molar-refractivity contribution in [3.63, 3.8) is 0 Å². The predicted octanol–water partition coefficient (Wildman–Crippen LogP) is 3.89. The van der Waals surface area contributed by atoms with Crippen LogP contribution in [-0.2, 0) is 5.54 Å². The van der Waals surface area contributed by atoms with Gasteiger partial charge in [0.05, 0.1) is 0 Å². The number of nitrogens with two attached hydrogens (primary N) is 1. The first-order valence-electron chi connectivity index (χ1n) is 6.57. The zero-order chi connectivity index (χ0) is 12.5. The summed E-state index contributed by atoms with van der Waals surface area (Å²) in [6, 6.07) is 5.28. The first kappa shape index (κ1) is 12.6. The van der Waals surface area contributed by atoms with Crippen LogP contribution in [0.25, 0.3) is 0 Å². The van der Waals surface area contributed by atoms with Crippen LogP contribution in [0.15, 0.2) is 18.2 Å². The maximum absolute atomic E-state index is 13.9. The minimum atomic E-state index is -0.457. The quantitative estimate of drug-likeness (QED) is 0.734. The Morgan fingerprint density at radius 1 is 1.29 bits per heavy atom. The molecule has 0 heterocycles. The minimum absolute atomic E-state index is 0.146. The van der Waals surface area contributed by atoms with Crippen LogP contribution in [0.3, 0.4) is 0 Å². The maximum Gasteiger partial charge on any atom is 0.128 e. The molecule has 1 aliphatic carbocycles. The Kier molecular flexibility index (Phi) is 3.53. The molecule has 1 fully saturated rings. The van der Waals surface area contributed by atoms with Gasteiger partial charge in [-0.15, -0.1) is 0 Å². The van der Waals surface area contributed by atoms with Crippen molar-refractivity contribution in [3.8, 4) is 0 Å². The van der Waals surface area contributed by atoms with Gasteiger partial charge in [-0.2, -0.15) is 0 Å². The SMILES string of the molecule is Cc1ccc(F)c(C2(N)CCCC(C)CC2)c1. The number of halogens is 1. The van der Waals surface area contributed by atoms with Crippen LogP contribution in [0.5, 0.6) is 0 Å². The molecule has 2 unspecified atom stereocenters. The van der Waals surface area contributed by atoms with Gasteiger partial charge in [0.15, 0.2) is 0 Å². The summed E-state index contributed by atoms with van der Waals surface area (Å²) in [4.78, 5) is 0. The molecule has 0 bridgehead atoms. The van der Waals surface area contributed by atoms with E-state index in [1.807, 2.05) is 19.1 Å². The smallest absolute Gasteiger partial charge is 0.128 e. The second-order valence-electron chi connectivity index (χ2n) is 5.68. The van der Waals surface area contributed by atoms with Crippen LogP contribution in [-0.4, -0.2) is 0 Å². The van der Waals surface area contributed by atoms with Gasteiger partial charge in [-0.25, -0.2) is 4.39 Å². The molecule has 1 aromatic rings. The van der Waals surface area contributed by atoms with E-state index in [4.69, 9.17) is 5.73 Å². The average molecular weight is 235 g/mol. The monoisotopic (exact) mass is 235 g/mol. The number of benzene rings is 1. The highest BCUT2D eigenvalue weighted by Gasteiger charge is 2.32. The lowest BCUT2D eigenvalue weighted by atomic mass is 9.82. The Labute approximate surface area is 103 Å². The van der Waals surface area contributed by atoms with Crippen molar-refractivity contribution in [2.24, 2.45) is 11.7 Å². The average Bonchev–Trinajstić information content (AvgIpc) is 2.46. The molecule has 0 aromatic heterocycles. The van der Waals surface area contributed by atoms with Crippen molar-refractivity contribution in [1.82, 2.24) is 0 Å². The molecule has 2 rings (SSSR count). The number of aryl methyl sites for hydroxylation is 1. The minimum Gasteiger partial charge on any atom is -0.321 e. The summed E-state index contributed by atoms with van der Waals surface area (Å²) in [7, 11) is 0. The molecule has 1 aliphatic rings. The highest BCUT2D eigenvalue weighted by molar-refractivity contribution is 5.30. The third-order valence-corrected chi connectivity index (χ3v) is 4.06. The second-order valence-corrected chi connectivity index (χ2v) is 5.68. The second kappa shape index (κ2) is 4.77. The van der Waals surface area contributed by atoms with E-state index in [1.54, 1.807) is 6.07 Å². The van der Waals surface area contributed by atoms with Gasteiger partial charge in [-0.3, -0.25) is 0 Å². The van der Waals surface area contributed by atoms with Gasteiger partial charge in [-0.05, 0) is 38.2 Å². The topological polar surface area (TPSA) is 26.0 Å². The lowest BCUT2D eigenvalue weighted by molar-refractivity contribution is 0.362. The molecule has 2 N–H and O–H groups in total. The highest BCUT2D eigenvalue weighted by Crippen LogP contribution is 2.37. The lowest BCUT2D eigenvalue weighted by Gasteiger charge is -2.29. The third-order valence-electron chi connectivity index (χ3n) is 4.06. The van der Waals surface area contributed by atoms with Crippen LogP contribution in [0, 0.1) is 18.7 Å². The summed E-state index contributed by atoms with van der Waals surface area (Å²) < 4.78 is 13.9. The number of rotatable bonds is 1. The standard InChI is InChI=1S/C15H22FN/c1-11-4-3-8-15(17,9-7-11)13-10-12(2)5-6-14(13)16/h5-6,10-11H,3-4,7-9,17H2,1-2H3. The predicted molar refractivity (Wildman–Crippen MR) is 69.3 cm³/mol. The summed E-state index contributed by atoms with van der Waals surface area (Å²) in [5, 5.41) is 0. The molecule has 2 heteroatoms. The first-order chi connectivity index (χ1) is 8.01. The van der Waals surface area contributed by atoms with Crippen LogP contribution >= 0.6 is 0 Å².